The van der Waals surface area contributed by atoms with Gasteiger partial charge in [0.25, 0.3) is 5.91 Å². The van der Waals surface area contributed by atoms with Gasteiger partial charge in [-0.3, -0.25) is 14.0 Å². The standard InChI is InChI=1S/C15H20F2N4O/c1-9-6-7-13(21(9)15(16)17)14(22)19(4)8-12-10(2)18-20(5)11(12)3/h6-7,15H,8H2,1-5H3. The normalized spacial score (nSPS) is 11.3. The number of carbonyl (C=O) groups is 1. The van der Waals surface area contributed by atoms with Gasteiger partial charge in [0.1, 0.15) is 5.69 Å². The Morgan fingerprint density at radius 3 is 2.45 bits per heavy atom. The minimum atomic E-state index is -2.73. The van der Waals surface area contributed by atoms with Crippen molar-refractivity contribution >= 4 is 5.91 Å². The van der Waals surface area contributed by atoms with E-state index in [0.29, 0.717) is 12.2 Å². The fourth-order valence-electron chi connectivity index (χ4n) is 2.53. The van der Waals surface area contributed by atoms with Crippen LogP contribution in [0.5, 0.6) is 0 Å². The van der Waals surface area contributed by atoms with Crippen molar-refractivity contribution in [3.05, 3.63) is 40.5 Å². The first-order chi connectivity index (χ1) is 10.2. The van der Waals surface area contributed by atoms with E-state index < -0.39 is 12.5 Å². The van der Waals surface area contributed by atoms with Crippen molar-refractivity contribution in [2.75, 3.05) is 7.05 Å². The molecule has 0 bridgehead atoms. The van der Waals surface area contributed by atoms with Crippen molar-refractivity contribution < 1.29 is 13.6 Å². The van der Waals surface area contributed by atoms with Crippen LogP contribution >= 0.6 is 0 Å². The number of nitrogens with zero attached hydrogens (tertiary/aromatic N) is 4. The maximum Gasteiger partial charge on any atom is 0.319 e. The number of carbonyl (C=O) groups excluding carboxylic acids is 1. The van der Waals surface area contributed by atoms with Gasteiger partial charge in [0.2, 0.25) is 0 Å². The molecule has 0 aliphatic carbocycles. The van der Waals surface area contributed by atoms with Crippen LogP contribution in [0.1, 0.15) is 39.7 Å². The Hall–Kier alpha value is -2.18. The first-order valence-electron chi connectivity index (χ1n) is 6.94. The number of aryl methyl sites for hydroxylation is 3. The summed E-state index contributed by atoms with van der Waals surface area (Å²) in [6.45, 7) is 2.94. The zero-order valence-electron chi connectivity index (χ0n) is 13.4. The van der Waals surface area contributed by atoms with E-state index in [9.17, 15) is 13.6 Å². The second-order valence-corrected chi connectivity index (χ2v) is 5.44. The summed E-state index contributed by atoms with van der Waals surface area (Å²) in [6, 6.07) is 2.96. The summed E-state index contributed by atoms with van der Waals surface area (Å²) in [7, 11) is 3.44. The third-order valence-electron chi connectivity index (χ3n) is 3.94. The molecule has 22 heavy (non-hydrogen) atoms. The van der Waals surface area contributed by atoms with Crippen molar-refractivity contribution in [3.63, 3.8) is 0 Å². The zero-order chi connectivity index (χ0) is 16.6. The average molecular weight is 310 g/mol. The van der Waals surface area contributed by atoms with E-state index >= 15 is 0 Å². The van der Waals surface area contributed by atoms with E-state index in [2.05, 4.69) is 5.10 Å². The molecular formula is C15H20F2N4O. The Kier molecular flexibility index (Phi) is 4.35. The summed E-state index contributed by atoms with van der Waals surface area (Å²) in [6.07, 6.45) is 0. The monoisotopic (exact) mass is 310 g/mol. The molecule has 0 radical (unpaired) electrons. The van der Waals surface area contributed by atoms with Gasteiger partial charge in [-0.05, 0) is 32.9 Å². The molecule has 7 heteroatoms. The number of halogens is 2. The molecular weight excluding hydrogens is 290 g/mol. The number of aromatic nitrogens is 3. The third-order valence-corrected chi connectivity index (χ3v) is 3.94. The van der Waals surface area contributed by atoms with Crippen LogP contribution in [-0.4, -0.2) is 32.2 Å². The van der Waals surface area contributed by atoms with Crippen LogP contribution in [0.3, 0.4) is 0 Å². The highest BCUT2D eigenvalue weighted by Crippen LogP contribution is 2.21. The fourth-order valence-corrected chi connectivity index (χ4v) is 2.53. The quantitative estimate of drug-likeness (QED) is 0.871. The van der Waals surface area contributed by atoms with Gasteiger partial charge in [-0.1, -0.05) is 0 Å². The van der Waals surface area contributed by atoms with E-state index in [4.69, 9.17) is 0 Å². The average Bonchev–Trinajstić information content (AvgIpc) is 2.93. The van der Waals surface area contributed by atoms with E-state index in [1.807, 2.05) is 20.9 Å². The lowest BCUT2D eigenvalue weighted by atomic mass is 10.2. The maximum absolute atomic E-state index is 13.1. The Morgan fingerprint density at radius 2 is 1.95 bits per heavy atom. The number of amides is 1. The number of alkyl halides is 2. The number of rotatable bonds is 4. The van der Waals surface area contributed by atoms with Gasteiger partial charge in [-0.2, -0.15) is 13.9 Å². The summed E-state index contributed by atoms with van der Waals surface area (Å²) < 4.78 is 28.7. The van der Waals surface area contributed by atoms with E-state index in [0.717, 1.165) is 21.5 Å². The summed E-state index contributed by atoms with van der Waals surface area (Å²) in [4.78, 5) is 13.9. The van der Waals surface area contributed by atoms with Crippen LogP contribution < -0.4 is 0 Å². The molecule has 1 amide bonds. The lowest BCUT2D eigenvalue weighted by Crippen LogP contribution is -2.29. The topological polar surface area (TPSA) is 43.1 Å². The molecule has 0 aromatic carbocycles. The molecule has 2 heterocycles. The molecule has 0 N–H and O–H groups in total. The predicted molar refractivity (Wildman–Crippen MR) is 78.9 cm³/mol. The van der Waals surface area contributed by atoms with Crippen LogP contribution in [0, 0.1) is 20.8 Å². The molecule has 0 saturated heterocycles. The molecule has 0 atom stereocenters. The largest absolute Gasteiger partial charge is 0.336 e. The van der Waals surface area contributed by atoms with Gasteiger partial charge in [-0.15, -0.1) is 0 Å². The zero-order valence-corrected chi connectivity index (χ0v) is 13.4. The first kappa shape index (κ1) is 16.2. The maximum atomic E-state index is 13.1. The van der Waals surface area contributed by atoms with E-state index in [-0.39, 0.29) is 5.69 Å². The van der Waals surface area contributed by atoms with E-state index in [1.54, 1.807) is 18.7 Å². The highest BCUT2D eigenvalue weighted by molar-refractivity contribution is 5.92. The predicted octanol–water partition coefficient (Wildman–Crippen LogP) is 2.81. The minimum absolute atomic E-state index is 0.00537. The fraction of sp³-hybridized carbons (Fsp3) is 0.467. The lowest BCUT2D eigenvalue weighted by molar-refractivity contribution is 0.0564. The van der Waals surface area contributed by atoms with Crippen LogP contribution in [0.15, 0.2) is 12.1 Å². The molecule has 0 aliphatic rings. The van der Waals surface area contributed by atoms with Crippen LogP contribution in [0.4, 0.5) is 8.78 Å². The van der Waals surface area contributed by atoms with Crippen molar-refractivity contribution in [1.82, 2.24) is 19.2 Å². The Morgan fingerprint density at radius 1 is 1.32 bits per heavy atom. The van der Waals surface area contributed by atoms with Crippen molar-refractivity contribution in [2.24, 2.45) is 7.05 Å². The third kappa shape index (κ3) is 2.75. The minimum Gasteiger partial charge on any atom is -0.336 e. The van der Waals surface area contributed by atoms with Gasteiger partial charge in [0, 0.05) is 37.6 Å². The van der Waals surface area contributed by atoms with Crippen molar-refractivity contribution in [1.29, 1.82) is 0 Å². The highest BCUT2D eigenvalue weighted by atomic mass is 19.3. The molecule has 120 valence electrons. The van der Waals surface area contributed by atoms with Crippen molar-refractivity contribution in [3.8, 4) is 0 Å². The smallest absolute Gasteiger partial charge is 0.319 e. The Balaban J connectivity index is 2.27. The molecule has 0 unspecified atom stereocenters. The van der Waals surface area contributed by atoms with Crippen molar-refractivity contribution in [2.45, 2.75) is 33.9 Å². The molecule has 0 spiro atoms. The summed E-state index contributed by atoms with van der Waals surface area (Å²) in [5.74, 6) is -0.434. The Bertz CT molecular complexity index is 703. The molecule has 0 fully saturated rings. The van der Waals surface area contributed by atoms with Gasteiger partial charge < -0.3 is 4.90 Å². The lowest BCUT2D eigenvalue weighted by Gasteiger charge is -2.19. The van der Waals surface area contributed by atoms with E-state index in [1.165, 1.54) is 17.0 Å². The summed E-state index contributed by atoms with van der Waals surface area (Å²) >= 11 is 0. The van der Waals surface area contributed by atoms with Gasteiger partial charge in [0.15, 0.2) is 0 Å². The highest BCUT2D eigenvalue weighted by Gasteiger charge is 2.23. The molecule has 2 aromatic rings. The van der Waals surface area contributed by atoms with Crippen LogP contribution in [0.25, 0.3) is 0 Å². The Labute approximate surface area is 128 Å². The second-order valence-electron chi connectivity index (χ2n) is 5.44. The molecule has 2 aromatic heterocycles. The molecule has 2 rings (SSSR count). The first-order valence-corrected chi connectivity index (χ1v) is 6.94. The van der Waals surface area contributed by atoms with Gasteiger partial charge in [0.05, 0.1) is 5.69 Å². The number of hydrogen-bond acceptors (Lipinski definition) is 2. The summed E-state index contributed by atoms with van der Waals surface area (Å²) in [5, 5.41) is 4.30. The summed E-state index contributed by atoms with van der Waals surface area (Å²) in [5.41, 5.74) is 3.08. The van der Waals surface area contributed by atoms with Gasteiger partial charge in [-0.25, -0.2) is 0 Å². The SMILES string of the molecule is Cc1nn(C)c(C)c1CN(C)C(=O)c1ccc(C)n1C(F)F. The second kappa shape index (κ2) is 5.90. The number of hydrogen-bond donors (Lipinski definition) is 0. The molecule has 5 nitrogen and oxygen atoms in total. The van der Waals surface area contributed by atoms with Crippen LogP contribution in [-0.2, 0) is 13.6 Å². The van der Waals surface area contributed by atoms with Gasteiger partial charge >= 0.3 is 6.55 Å². The molecule has 0 aliphatic heterocycles. The molecule has 0 saturated carbocycles. The van der Waals surface area contributed by atoms with Crippen LogP contribution in [0.2, 0.25) is 0 Å².